The number of morpholine rings is 1. The first-order valence-corrected chi connectivity index (χ1v) is 7.18. The van der Waals surface area contributed by atoms with Crippen molar-refractivity contribution >= 4 is 17.8 Å². The smallest absolute Gasteiger partial charge is 0.124 e. The minimum absolute atomic E-state index is 0.0194. The fourth-order valence-electron chi connectivity index (χ4n) is 2.26. The van der Waals surface area contributed by atoms with Crippen molar-refractivity contribution in [2.24, 2.45) is 4.99 Å². The number of ether oxygens (including phenoxy) is 1. The minimum Gasteiger partial charge on any atom is -0.507 e. The number of halogens is 1. The van der Waals surface area contributed by atoms with E-state index >= 15 is 0 Å². The Morgan fingerprint density at radius 2 is 2.10 bits per heavy atom. The maximum atomic E-state index is 9.74. The van der Waals surface area contributed by atoms with E-state index < -0.39 is 0 Å². The third-order valence-corrected chi connectivity index (χ3v) is 3.80. The Hall–Kier alpha value is -1.10. The van der Waals surface area contributed by atoms with Gasteiger partial charge in [-0.2, -0.15) is 0 Å². The second-order valence-electron chi connectivity index (χ2n) is 5.58. The molecule has 20 heavy (non-hydrogen) atoms. The van der Waals surface area contributed by atoms with Crippen LogP contribution in [-0.2, 0) is 4.74 Å². The van der Waals surface area contributed by atoms with Crippen LogP contribution >= 0.6 is 11.6 Å². The number of hydrogen-bond acceptors (Lipinski definition) is 4. The molecule has 1 aliphatic heterocycles. The third-order valence-electron chi connectivity index (χ3n) is 3.57. The van der Waals surface area contributed by atoms with Crippen molar-refractivity contribution in [1.82, 2.24) is 4.90 Å². The average Bonchev–Trinajstić information content (AvgIpc) is 2.43. The summed E-state index contributed by atoms with van der Waals surface area (Å²) in [6, 6.07) is 4.95. The van der Waals surface area contributed by atoms with E-state index in [1.54, 1.807) is 24.4 Å². The van der Waals surface area contributed by atoms with Crippen LogP contribution < -0.4 is 0 Å². The van der Waals surface area contributed by atoms with E-state index in [0.29, 0.717) is 17.1 Å². The van der Waals surface area contributed by atoms with E-state index in [9.17, 15) is 5.11 Å². The van der Waals surface area contributed by atoms with Crippen molar-refractivity contribution in [3.8, 4) is 5.75 Å². The third kappa shape index (κ3) is 3.95. The van der Waals surface area contributed by atoms with Gasteiger partial charge in [0.2, 0.25) is 0 Å². The Morgan fingerprint density at radius 3 is 2.80 bits per heavy atom. The van der Waals surface area contributed by atoms with Crippen molar-refractivity contribution < 1.29 is 9.84 Å². The number of benzene rings is 1. The van der Waals surface area contributed by atoms with Gasteiger partial charge in [-0.15, -0.1) is 0 Å². The number of aromatic hydroxyl groups is 1. The Kier molecular flexibility index (Phi) is 5.02. The van der Waals surface area contributed by atoms with Gasteiger partial charge in [0, 0.05) is 35.4 Å². The minimum atomic E-state index is -0.0194. The predicted molar refractivity (Wildman–Crippen MR) is 82.0 cm³/mol. The highest BCUT2D eigenvalue weighted by Gasteiger charge is 2.27. The van der Waals surface area contributed by atoms with Gasteiger partial charge >= 0.3 is 0 Å². The fraction of sp³-hybridized carbons (Fsp3) is 0.533. The molecule has 0 bridgehead atoms. The van der Waals surface area contributed by atoms with Crippen LogP contribution in [0.5, 0.6) is 5.75 Å². The van der Waals surface area contributed by atoms with Gasteiger partial charge in [-0.05, 0) is 32.0 Å². The van der Waals surface area contributed by atoms with Crippen LogP contribution in [-0.4, -0.2) is 54.6 Å². The molecule has 110 valence electrons. The van der Waals surface area contributed by atoms with E-state index in [4.69, 9.17) is 16.3 Å². The molecule has 0 atom stereocenters. The van der Waals surface area contributed by atoms with E-state index in [1.807, 2.05) is 0 Å². The van der Waals surface area contributed by atoms with E-state index in [0.717, 1.165) is 26.3 Å². The molecule has 4 nitrogen and oxygen atoms in total. The normalized spacial score (nSPS) is 17.8. The highest BCUT2D eigenvalue weighted by Crippen LogP contribution is 2.20. The second kappa shape index (κ2) is 6.57. The summed E-state index contributed by atoms with van der Waals surface area (Å²) >= 11 is 5.91. The number of nitrogens with zero attached hydrogens (tertiary/aromatic N) is 2. The fourth-order valence-corrected chi connectivity index (χ4v) is 2.45. The number of phenolic OH excluding ortho intramolecular Hbond substituents is 1. The van der Waals surface area contributed by atoms with Crippen LogP contribution in [0.1, 0.15) is 19.4 Å². The molecule has 1 N–H and O–H groups in total. The molecule has 1 heterocycles. The van der Waals surface area contributed by atoms with Crippen molar-refractivity contribution in [3.63, 3.8) is 0 Å². The highest BCUT2D eigenvalue weighted by molar-refractivity contribution is 6.30. The summed E-state index contributed by atoms with van der Waals surface area (Å²) in [4.78, 5) is 6.84. The molecule has 0 radical (unpaired) electrons. The van der Waals surface area contributed by atoms with Gasteiger partial charge in [0.15, 0.2) is 0 Å². The molecule has 0 saturated carbocycles. The summed E-state index contributed by atoms with van der Waals surface area (Å²) in [5.74, 6) is 0.197. The Bertz CT molecular complexity index is 483. The molecule has 1 aliphatic rings. The lowest BCUT2D eigenvalue weighted by molar-refractivity contribution is -0.00676. The number of phenols is 1. The summed E-state index contributed by atoms with van der Waals surface area (Å²) < 4.78 is 5.37. The SMILES string of the molecule is CC(C)(CN=Cc1cc(Cl)ccc1O)N1CCOCC1. The Labute approximate surface area is 125 Å². The molecule has 2 rings (SSSR count). The molecule has 0 spiro atoms. The molecule has 0 unspecified atom stereocenters. The van der Waals surface area contributed by atoms with Gasteiger partial charge in [0.1, 0.15) is 5.75 Å². The van der Waals surface area contributed by atoms with E-state index in [-0.39, 0.29) is 11.3 Å². The zero-order valence-corrected chi connectivity index (χ0v) is 12.7. The quantitative estimate of drug-likeness (QED) is 0.869. The van der Waals surface area contributed by atoms with Crippen molar-refractivity contribution in [1.29, 1.82) is 0 Å². The highest BCUT2D eigenvalue weighted by atomic mass is 35.5. The number of hydrogen-bond donors (Lipinski definition) is 1. The van der Waals surface area contributed by atoms with Gasteiger partial charge in [-0.3, -0.25) is 9.89 Å². The molecule has 0 aliphatic carbocycles. The molecule has 0 aromatic heterocycles. The first-order valence-electron chi connectivity index (χ1n) is 6.80. The molecule has 1 aromatic rings. The van der Waals surface area contributed by atoms with Crippen LogP contribution in [0, 0.1) is 0 Å². The van der Waals surface area contributed by atoms with Crippen LogP contribution in [0.2, 0.25) is 5.02 Å². The van der Waals surface area contributed by atoms with Gasteiger partial charge in [-0.1, -0.05) is 11.6 Å². The predicted octanol–water partition coefficient (Wildman–Crippen LogP) is 2.58. The van der Waals surface area contributed by atoms with Crippen molar-refractivity contribution in [2.75, 3.05) is 32.8 Å². The zero-order chi connectivity index (χ0) is 14.6. The molecule has 1 aromatic carbocycles. The lowest BCUT2D eigenvalue weighted by atomic mass is 10.0. The summed E-state index contributed by atoms with van der Waals surface area (Å²) in [6.07, 6.45) is 1.68. The second-order valence-corrected chi connectivity index (χ2v) is 6.02. The standard InChI is InChI=1S/C15H21ClN2O2/c1-15(2,18-5-7-20-8-6-18)11-17-10-12-9-13(16)3-4-14(12)19/h3-4,9-10,19H,5-8,11H2,1-2H3. The van der Waals surface area contributed by atoms with Crippen LogP contribution in [0.4, 0.5) is 0 Å². The van der Waals surface area contributed by atoms with Crippen molar-refractivity contribution in [3.05, 3.63) is 28.8 Å². The van der Waals surface area contributed by atoms with Gasteiger partial charge in [0.05, 0.1) is 19.8 Å². The van der Waals surface area contributed by atoms with E-state index in [1.165, 1.54) is 0 Å². The first-order chi connectivity index (χ1) is 9.49. The van der Waals surface area contributed by atoms with Crippen LogP contribution in [0.15, 0.2) is 23.2 Å². The molecule has 1 saturated heterocycles. The molecule has 1 fully saturated rings. The Morgan fingerprint density at radius 1 is 1.40 bits per heavy atom. The van der Waals surface area contributed by atoms with Gasteiger partial charge < -0.3 is 9.84 Å². The Balaban J connectivity index is 1.99. The summed E-state index contributed by atoms with van der Waals surface area (Å²) in [6.45, 7) is 8.44. The molecular weight excluding hydrogens is 276 g/mol. The molecule has 5 heteroatoms. The number of rotatable bonds is 4. The van der Waals surface area contributed by atoms with Crippen LogP contribution in [0.3, 0.4) is 0 Å². The summed E-state index contributed by atoms with van der Waals surface area (Å²) in [7, 11) is 0. The maximum absolute atomic E-state index is 9.74. The topological polar surface area (TPSA) is 45.1 Å². The largest absolute Gasteiger partial charge is 0.507 e. The molecule has 0 amide bonds. The number of aliphatic imine (C=N–C) groups is 1. The lowest BCUT2D eigenvalue weighted by Crippen LogP contribution is -2.51. The summed E-state index contributed by atoms with van der Waals surface area (Å²) in [5.41, 5.74) is 0.629. The van der Waals surface area contributed by atoms with Gasteiger partial charge in [0.25, 0.3) is 0 Å². The monoisotopic (exact) mass is 296 g/mol. The molecular formula is C15H21ClN2O2. The zero-order valence-electron chi connectivity index (χ0n) is 12.0. The maximum Gasteiger partial charge on any atom is 0.124 e. The summed E-state index contributed by atoms with van der Waals surface area (Å²) in [5, 5.41) is 10.3. The average molecular weight is 297 g/mol. The van der Waals surface area contributed by atoms with Crippen molar-refractivity contribution in [2.45, 2.75) is 19.4 Å². The van der Waals surface area contributed by atoms with Crippen LogP contribution in [0.25, 0.3) is 0 Å². The van der Waals surface area contributed by atoms with Gasteiger partial charge in [-0.25, -0.2) is 0 Å². The van der Waals surface area contributed by atoms with E-state index in [2.05, 4.69) is 23.7 Å². The first kappa shape index (κ1) is 15.3. The lowest BCUT2D eigenvalue weighted by Gasteiger charge is -2.39.